The predicted octanol–water partition coefficient (Wildman–Crippen LogP) is 3.27. The number of thiophene rings is 1. The SMILES string of the molecule is CCCN(CC(F)(F)F)S(=O)(=O)c1cc([N+](=O)[O-])c(Cl)s1. The van der Waals surface area contributed by atoms with Gasteiger partial charge in [0.1, 0.15) is 10.8 Å². The molecule has 0 N–H and O–H groups in total. The Morgan fingerprint density at radius 3 is 2.43 bits per heavy atom. The van der Waals surface area contributed by atoms with Crippen molar-refractivity contribution in [2.24, 2.45) is 0 Å². The van der Waals surface area contributed by atoms with Gasteiger partial charge in [0, 0.05) is 12.6 Å². The van der Waals surface area contributed by atoms with Gasteiger partial charge in [-0.05, 0) is 6.42 Å². The molecule has 0 fully saturated rings. The van der Waals surface area contributed by atoms with E-state index in [0.717, 1.165) is 0 Å². The number of nitro groups is 1. The van der Waals surface area contributed by atoms with Crippen LogP contribution in [0, 0.1) is 10.1 Å². The molecule has 0 saturated carbocycles. The van der Waals surface area contributed by atoms with Gasteiger partial charge in [0.15, 0.2) is 4.34 Å². The molecule has 6 nitrogen and oxygen atoms in total. The Hall–Kier alpha value is -0.910. The Labute approximate surface area is 127 Å². The van der Waals surface area contributed by atoms with E-state index in [1.807, 2.05) is 0 Å². The second kappa shape index (κ2) is 6.46. The molecule has 0 aromatic carbocycles. The Morgan fingerprint density at radius 2 is 2.05 bits per heavy atom. The maximum absolute atomic E-state index is 12.5. The Bertz CT molecular complexity index is 629. The van der Waals surface area contributed by atoms with Gasteiger partial charge in [-0.25, -0.2) is 8.42 Å². The molecule has 0 aliphatic rings. The fraction of sp³-hybridized carbons (Fsp3) is 0.556. The van der Waals surface area contributed by atoms with Gasteiger partial charge in [-0.15, -0.1) is 11.3 Å². The van der Waals surface area contributed by atoms with E-state index in [1.54, 1.807) is 0 Å². The zero-order valence-electron chi connectivity index (χ0n) is 10.6. The molecule has 0 aliphatic heterocycles. The summed E-state index contributed by atoms with van der Waals surface area (Å²) in [5.74, 6) is 0. The molecule has 0 saturated heterocycles. The molecule has 1 aromatic heterocycles. The highest BCUT2D eigenvalue weighted by Crippen LogP contribution is 2.38. The summed E-state index contributed by atoms with van der Waals surface area (Å²) in [4.78, 5) is 9.73. The van der Waals surface area contributed by atoms with Crippen LogP contribution < -0.4 is 0 Å². The van der Waals surface area contributed by atoms with E-state index in [4.69, 9.17) is 11.6 Å². The number of nitrogens with zero attached hydrogens (tertiary/aromatic N) is 2. The highest BCUT2D eigenvalue weighted by Gasteiger charge is 2.38. The minimum Gasteiger partial charge on any atom is -0.258 e. The molecular weight excluding hydrogens is 357 g/mol. The molecule has 0 amide bonds. The fourth-order valence-electron chi connectivity index (χ4n) is 1.45. The van der Waals surface area contributed by atoms with Crippen molar-refractivity contribution < 1.29 is 26.5 Å². The van der Waals surface area contributed by atoms with Gasteiger partial charge < -0.3 is 0 Å². The maximum atomic E-state index is 12.5. The molecule has 21 heavy (non-hydrogen) atoms. The van der Waals surface area contributed by atoms with Crippen LogP contribution in [0.4, 0.5) is 18.9 Å². The van der Waals surface area contributed by atoms with Crippen LogP contribution in [0.25, 0.3) is 0 Å². The van der Waals surface area contributed by atoms with Gasteiger partial charge in [-0.2, -0.15) is 17.5 Å². The number of hydrogen-bond acceptors (Lipinski definition) is 5. The van der Waals surface area contributed by atoms with Gasteiger partial charge in [-0.3, -0.25) is 10.1 Å². The second-order valence-corrected chi connectivity index (χ2v) is 7.75. The Morgan fingerprint density at radius 1 is 1.48 bits per heavy atom. The van der Waals surface area contributed by atoms with Crippen LogP contribution in [0.2, 0.25) is 4.34 Å². The average molecular weight is 367 g/mol. The van der Waals surface area contributed by atoms with E-state index in [2.05, 4.69) is 0 Å². The van der Waals surface area contributed by atoms with Crippen LogP contribution in [0.1, 0.15) is 13.3 Å². The molecule has 0 spiro atoms. The lowest BCUT2D eigenvalue weighted by atomic mass is 10.5. The van der Waals surface area contributed by atoms with Gasteiger partial charge in [0.2, 0.25) is 0 Å². The molecule has 1 heterocycles. The molecular formula is C9H10ClF3N2O4S2. The van der Waals surface area contributed by atoms with Crippen molar-refractivity contribution in [3.63, 3.8) is 0 Å². The highest BCUT2D eigenvalue weighted by atomic mass is 35.5. The second-order valence-electron chi connectivity index (χ2n) is 3.94. The largest absolute Gasteiger partial charge is 0.402 e. The van der Waals surface area contributed by atoms with E-state index in [0.29, 0.717) is 17.4 Å². The van der Waals surface area contributed by atoms with E-state index < -0.39 is 41.9 Å². The van der Waals surface area contributed by atoms with Crippen LogP contribution >= 0.6 is 22.9 Å². The number of alkyl halides is 3. The van der Waals surface area contributed by atoms with E-state index in [-0.39, 0.29) is 17.3 Å². The number of rotatable bonds is 6. The topological polar surface area (TPSA) is 80.5 Å². The maximum Gasteiger partial charge on any atom is 0.402 e. The van der Waals surface area contributed by atoms with Crippen molar-refractivity contribution in [2.45, 2.75) is 23.7 Å². The Kier molecular flexibility index (Phi) is 5.58. The first-order valence-corrected chi connectivity index (χ1v) is 8.13. The van der Waals surface area contributed by atoms with Gasteiger partial charge in [0.05, 0.1) is 4.92 Å². The quantitative estimate of drug-likeness (QED) is 0.571. The minimum absolute atomic E-state index is 0.163. The fourth-order valence-corrected chi connectivity index (χ4v) is 4.79. The zero-order chi connectivity index (χ0) is 16.4. The summed E-state index contributed by atoms with van der Waals surface area (Å²) >= 11 is 5.89. The standard InChI is InChI=1S/C9H10ClF3N2O4S2/c1-2-3-14(5-9(11,12)13)21(18,19)7-4-6(15(16)17)8(10)20-7/h4H,2-3,5H2,1H3. The first-order chi connectivity index (χ1) is 9.49. The normalized spacial score (nSPS) is 12.9. The lowest BCUT2D eigenvalue weighted by Crippen LogP contribution is -2.39. The van der Waals surface area contributed by atoms with Crippen LogP contribution in [0.15, 0.2) is 10.3 Å². The molecule has 0 atom stereocenters. The van der Waals surface area contributed by atoms with Crippen molar-refractivity contribution in [1.82, 2.24) is 4.31 Å². The molecule has 0 bridgehead atoms. The smallest absolute Gasteiger partial charge is 0.258 e. The number of halogens is 4. The van der Waals surface area contributed by atoms with Crippen LogP contribution in [0.5, 0.6) is 0 Å². The third-order valence-electron chi connectivity index (χ3n) is 2.27. The summed E-state index contributed by atoms with van der Waals surface area (Å²) in [7, 11) is -4.49. The predicted molar refractivity (Wildman–Crippen MR) is 71.1 cm³/mol. The third kappa shape index (κ3) is 4.53. The molecule has 12 heteroatoms. The molecule has 0 unspecified atom stereocenters. The van der Waals surface area contributed by atoms with Crippen molar-refractivity contribution in [3.8, 4) is 0 Å². The first-order valence-electron chi connectivity index (χ1n) is 5.49. The zero-order valence-corrected chi connectivity index (χ0v) is 12.9. The van der Waals surface area contributed by atoms with Crippen molar-refractivity contribution in [3.05, 3.63) is 20.5 Å². The third-order valence-corrected chi connectivity index (χ3v) is 5.90. The molecule has 0 radical (unpaired) electrons. The molecule has 1 aromatic rings. The highest BCUT2D eigenvalue weighted by molar-refractivity contribution is 7.91. The number of hydrogen-bond donors (Lipinski definition) is 0. The van der Waals surface area contributed by atoms with Gasteiger partial charge in [0.25, 0.3) is 15.7 Å². The summed E-state index contributed by atoms with van der Waals surface area (Å²) in [5, 5.41) is 10.6. The van der Waals surface area contributed by atoms with Gasteiger partial charge >= 0.3 is 6.18 Å². The Balaban J connectivity index is 3.23. The molecule has 0 aliphatic carbocycles. The summed E-state index contributed by atoms with van der Waals surface area (Å²) in [5.41, 5.74) is -0.649. The molecule has 120 valence electrons. The monoisotopic (exact) mass is 366 g/mol. The lowest BCUT2D eigenvalue weighted by Gasteiger charge is -2.21. The minimum atomic E-state index is -4.71. The lowest BCUT2D eigenvalue weighted by molar-refractivity contribution is -0.384. The average Bonchev–Trinajstić information content (AvgIpc) is 2.69. The summed E-state index contributed by atoms with van der Waals surface area (Å²) < 4.78 is 60.9. The van der Waals surface area contributed by atoms with Crippen molar-refractivity contribution in [2.75, 3.05) is 13.1 Å². The van der Waals surface area contributed by atoms with Crippen molar-refractivity contribution in [1.29, 1.82) is 0 Å². The van der Waals surface area contributed by atoms with E-state index in [9.17, 15) is 31.7 Å². The summed E-state index contributed by atoms with van der Waals surface area (Å²) in [6, 6.07) is 0.668. The summed E-state index contributed by atoms with van der Waals surface area (Å²) in [6.45, 7) is -0.500. The van der Waals surface area contributed by atoms with Crippen molar-refractivity contribution >= 4 is 38.6 Å². The molecule has 1 rings (SSSR count). The van der Waals surface area contributed by atoms with Gasteiger partial charge in [-0.1, -0.05) is 18.5 Å². The van der Waals surface area contributed by atoms with E-state index in [1.165, 1.54) is 6.92 Å². The first kappa shape index (κ1) is 18.1. The summed E-state index contributed by atoms with van der Waals surface area (Å²) in [6.07, 6.45) is -4.55. The number of sulfonamides is 1. The van der Waals surface area contributed by atoms with Crippen LogP contribution in [-0.2, 0) is 10.0 Å². The van der Waals surface area contributed by atoms with Crippen LogP contribution in [0.3, 0.4) is 0 Å². The van der Waals surface area contributed by atoms with E-state index >= 15 is 0 Å². The van der Waals surface area contributed by atoms with Crippen LogP contribution in [-0.4, -0.2) is 36.9 Å².